The number of nitrogens with two attached hydrogens (primary N) is 1. The lowest BCUT2D eigenvalue weighted by Gasteiger charge is -2.10. The first-order valence-electron chi connectivity index (χ1n) is 5.38. The van der Waals surface area contributed by atoms with E-state index in [4.69, 9.17) is 5.73 Å². The quantitative estimate of drug-likeness (QED) is 0.780. The van der Waals surface area contributed by atoms with Gasteiger partial charge in [0.1, 0.15) is 0 Å². The molecule has 0 fully saturated rings. The smallest absolute Gasteiger partial charge is 0.0220 e. The molecule has 1 unspecified atom stereocenters. The van der Waals surface area contributed by atoms with Gasteiger partial charge in [0.25, 0.3) is 0 Å². The first kappa shape index (κ1) is 12.7. The van der Waals surface area contributed by atoms with E-state index in [2.05, 4.69) is 46.4 Å². The second-order valence-electron chi connectivity index (χ2n) is 3.90. The Morgan fingerprint density at radius 3 is 2.80 bits per heavy atom. The first-order valence-corrected chi connectivity index (χ1v) is 6.17. The molecule has 1 aromatic carbocycles. The minimum atomic E-state index is 0.608. The Morgan fingerprint density at radius 1 is 1.40 bits per heavy atom. The number of halogens is 1. The molecule has 0 heterocycles. The summed E-state index contributed by atoms with van der Waals surface area (Å²) >= 11 is 3.53. The number of rotatable bonds is 6. The van der Waals surface area contributed by atoms with Gasteiger partial charge in [-0.25, -0.2) is 0 Å². The van der Waals surface area contributed by atoms with Crippen LogP contribution in [0.1, 0.15) is 18.9 Å². The van der Waals surface area contributed by atoms with Gasteiger partial charge in [0.15, 0.2) is 0 Å². The van der Waals surface area contributed by atoms with Crippen molar-refractivity contribution < 1.29 is 0 Å². The van der Waals surface area contributed by atoms with Gasteiger partial charge in [-0.2, -0.15) is 0 Å². The standard InChI is InChI=1S/C12H19BrN2/c1-10(8-14)6-7-15-9-11-4-2-3-5-12(11)13/h2-5,10,15H,6-9,14H2,1H3. The normalized spacial score (nSPS) is 12.7. The molecule has 15 heavy (non-hydrogen) atoms. The molecule has 0 aromatic heterocycles. The van der Waals surface area contributed by atoms with Crippen molar-refractivity contribution in [3.05, 3.63) is 34.3 Å². The number of hydrogen-bond donors (Lipinski definition) is 2. The summed E-state index contributed by atoms with van der Waals surface area (Å²) < 4.78 is 1.17. The van der Waals surface area contributed by atoms with Crippen LogP contribution in [-0.2, 0) is 6.54 Å². The van der Waals surface area contributed by atoms with Crippen LogP contribution in [0.4, 0.5) is 0 Å². The van der Waals surface area contributed by atoms with E-state index in [1.807, 2.05) is 6.07 Å². The van der Waals surface area contributed by atoms with Crippen LogP contribution in [0.15, 0.2) is 28.7 Å². The van der Waals surface area contributed by atoms with Crippen molar-refractivity contribution in [3.8, 4) is 0 Å². The maximum Gasteiger partial charge on any atom is 0.0220 e. The van der Waals surface area contributed by atoms with Crippen LogP contribution in [0.25, 0.3) is 0 Å². The molecule has 2 nitrogen and oxygen atoms in total. The zero-order valence-corrected chi connectivity index (χ0v) is 10.8. The number of benzene rings is 1. The third-order valence-electron chi connectivity index (χ3n) is 2.49. The molecule has 0 aliphatic carbocycles. The molecule has 84 valence electrons. The van der Waals surface area contributed by atoms with Crippen LogP contribution in [-0.4, -0.2) is 13.1 Å². The van der Waals surface area contributed by atoms with E-state index in [0.29, 0.717) is 5.92 Å². The molecule has 0 saturated heterocycles. The van der Waals surface area contributed by atoms with Crippen LogP contribution in [0.2, 0.25) is 0 Å². The summed E-state index contributed by atoms with van der Waals surface area (Å²) in [6.45, 7) is 4.90. The molecule has 3 heteroatoms. The van der Waals surface area contributed by atoms with Gasteiger partial charge >= 0.3 is 0 Å². The molecule has 1 rings (SSSR count). The Kier molecular flexibility index (Phi) is 5.91. The second-order valence-corrected chi connectivity index (χ2v) is 4.75. The summed E-state index contributed by atoms with van der Waals surface area (Å²) in [4.78, 5) is 0. The van der Waals surface area contributed by atoms with Gasteiger partial charge in [0.2, 0.25) is 0 Å². The molecule has 0 spiro atoms. The fourth-order valence-corrected chi connectivity index (χ4v) is 1.76. The van der Waals surface area contributed by atoms with Crippen molar-refractivity contribution in [1.29, 1.82) is 0 Å². The highest BCUT2D eigenvalue weighted by atomic mass is 79.9. The first-order chi connectivity index (χ1) is 7.24. The Labute approximate surface area is 100 Å². The maximum atomic E-state index is 5.55. The predicted molar refractivity (Wildman–Crippen MR) is 68.7 cm³/mol. The molecular formula is C12H19BrN2. The summed E-state index contributed by atoms with van der Waals surface area (Å²) in [6, 6.07) is 8.29. The Hall–Kier alpha value is -0.380. The van der Waals surface area contributed by atoms with Crippen molar-refractivity contribution in [2.24, 2.45) is 11.7 Å². The summed E-state index contributed by atoms with van der Waals surface area (Å²) in [5.41, 5.74) is 6.86. The fourth-order valence-electron chi connectivity index (χ4n) is 1.33. The van der Waals surface area contributed by atoms with Crippen molar-refractivity contribution in [2.45, 2.75) is 19.9 Å². The lowest BCUT2D eigenvalue weighted by atomic mass is 10.1. The van der Waals surface area contributed by atoms with Crippen molar-refractivity contribution in [2.75, 3.05) is 13.1 Å². The van der Waals surface area contributed by atoms with Crippen molar-refractivity contribution in [3.63, 3.8) is 0 Å². The molecule has 3 N–H and O–H groups in total. The molecule has 0 aliphatic rings. The van der Waals surface area contributed by atoms with E-state index in [0.717, 1.165) is 26.1 Å². The lowest BCUT2D eigenvalue weighted by Crippen LogP contribution is -2.20. The zero-order valence-electron chi connectivity index (χ0n) is 9.17. The van der Waals surface area contributed by atoms with Gasteiger partial charge in [0.05, 0.1) is 0 Å². The molecule has 1 aromatic rings. The predicted octanol–water partition coefficient (Wildman–Crippen LogP) is 2.52. The van der Waals surface area contributed by atoms with Gasteiger partial charge in [-0.3, -0.25) is 0 Å². The summed E-state index contributed by atoms with van der Waals surface area (Å²) in [6.07, 6.45) is 1.14. The van der Waals surface area contributed by atoms with Gasteiger partial charge < -0.3 is 11.1 Å². The largest absolute Gasteiger partial charge is 0.330 e. The molecular weight excluding hydrogens is 252 g/mol. The number of hydrogen-bond acceptors (Lipinski definition) is 2. The molecule has 0 aliphatic heterocycles. The molecule has 1 atom stereocenters. The Balaban J connectivity index is 2.23. The van der Waals surface area contributed by atoms with E-state index in [1.54, 1.807) is 0 Å². The monoisotopic (exact) mass is 270 g/mol. The van der Waals surface area contributed by atoms with Crippen molar-refractivity contribution >= 4 is 15.9 Å². The lowest BCUT2D eigenvalue weighted by molar-refractivity contribution is 0.509. The van der Waals surface area contributed by atoms with Gasteiger partial charge in [0, 0.05) is 11.0 Å². The van der Waals surface area contributed by atoms with E-state index in [9.17, 15) is 0 Å². The SMILES string of the molecule is CC(CN)CCNCc1ccccc1Br. The molecule has 0 bridgehead atoms. The average molecular weight is 271 g/mol. The van der Waals surface area contributed by atoms with Gasteiger partial charge in [-0.05, 0) is 37.1 Å². The minimum absolute atomic E-state index is 0.608. The van der Waals surface area contributed by atoms with E-state index in [-0.39, 0.29) is 0 Å². The van der Waals surface area contributed by atoms with Crippen LogP contribution in [0, 0.1) is 5.92 Å². The van der Waals surface area contributed by atoms with E-state index >= 15 is 0 Å². The van der Waals surface area contributed by atoms with Gasteiger partial charge in [-0.1, -0.05) is 41.1 Å². The second kappa shape index (κ2) is 6.99. The third-order valence-corrected chi connectivity index (χ3v) is 3.26. The molecule has 0 amide bonds. The van der Waals surface area contributed by atoms with E-state index < -0.39 is 0 Å². The average Bonchev–Trinajstić information content (AvgIpc) is 2.26. The summed E-state index contributed by atoms with van der Waals surface area (Å²) in [7, 11) is 0. The Morgan fingerprint density at radius 2 is 2.13 bits per heavy atom. The molecule has 0 radical (unpaired) electrons. The van der Waals surface area contributed by atoms with Crippen LogP contribution < -0.4 is 11.1 Å². The zero-order chi connectivity index (χ0) is 11.1. The van der Waals surface area contributed by atoms with Gasteiger partial charge in [-0.15, -0.1) is 0 Å². The minimum Gasteiger partial charge on any atom is -0.330 e. The highest BCUT2D eigenvalue weighted by Crippen LogP contribution is 2.15. The Bertz CT molecular complexity index is 289. The van der Waals surface area contributed by atoms with E-state index in [1.165, 1.54) is 10.0 Å². The van der Waals surface area contributed by atoms with Crippen LogP contribution >= 0.6 is 15.9 Å². The summed E-state index contributed by atoms with van der Waals surface area (Å²) in [5.74, 6) is 0.608. The topological polar surface area (TPSA) is 38.0 Å². The maximum absolute atomic E-state index is 5.55. The highest BCUT2D eigenvalue weighted by molar-refractivity contribution is 9.10. The molecule has 0 saturated carbocycles. The fraction of sp³-hybridized carbons (Fsp3) is 0.500. The van der Waals surface area contributed by atoms with Crippen LogP contribution in [0.5, 0.6) is 0 Å². The number of nitrogens with one attached hydrogen (secondary N) is 1. The third kappa shape index (κ3) is 4.78. The summed E-state index contributed by atoms with van der Waals surface area (Å²) in [5, 5.41) is 3.42. The van der Waals surface area contributed by atoms with Crippen molar-refractivity contribution in [1.82, 2.24) is 5.32 Å². The highest BCUT2D eigenvalue weighted by Gasteiger charge is 2.00. The van der Waals surface area contributed by atoms with Crippen LogP contribution in [0.3, 0.4) is 0 Å².